The first-order valence-electron chi connectivity index (χ1n) is 0.702. The molecule has 0 spiro atoms. The molecule has 5 heavy (non-hydrogen) atoms. The minimum atomic E-state index is -2.26. The van der Waals surface area contributed by atoms with E-state index in [0.29, 0.717) is 9.82 Å². The van der Waals surface area contributed by atoms with Crippen LogP contribution in [0.5, 0.6) is 0 Å². The number of hydrogen-bond donors (Lipinski definition) is 0. The van der Waals surface area contributed by atoms with Crippen molar-refractivity contribution < 1.29 is 9.46 Å². The lowest BCUT2D eigenvalue weighted by atomic mass is 15.9. The van der Waals surface area contributed by atoms with E-state index in [1.165, 1.54) is 0 Å². The van der Waals surface area contributed by atoms with Gasteiger partial charge in [-0.25, -0.2) is 0 Å². The van der Waals surface area contributed by atoms with E-state index in [1.807, 2.05) is 0 Å². The third-order valence-electron chi connectivity index (χ3n) is 0.0563. The number of hydrogen-bond acceptors (Lipinski definition) is 3. The Morgan fingerprint density at radius 3 is 2.20 bits per heavy atom. The van der Waals surface area contributed by atoms with Crippen LogP contribution in [0.25, 0.3) is 0 Å². The van der Waals surface area contributed by atoms with Crippen LogP contribution in [0.1, 0.15) is 0 Å². The Morgan fingerprint density at radius 2 is 2.20 bits per heavy atom. The molecule has 0 saturated carbocycles. The second kappa shape index (κ2) is 3.09. The van der Waals surface area contributed by atoms with Crippen molar-refractivity contribution in [1.82, 2.24) is 0 Å². The molecule has 0 aliphatic carbocycles. The third-order valence-corrected chi connectivity index (χ3v) is 2.63. The van der Waals surface area contributed by atoms with Crippen molar-refractivity contribution in [2.45, 2.75) is 0 Å². The molecule has 0 bridgehead atoms. The fourth-order valence-electron chi connectivity index (χ4n) is 0. The van der Waals surface area contributed by atoms with Crippen LogP contribution in [0.3, 0.4) is 0 Å². The maximum atomic E-state index is 9.32. The summed E-state index contributed by atoms with van der Waals surface area (Å²) in [5.74, 6) is 0. The lowest BCUT2D eigenvalue weighted by Gasteiger charge is -1.65. The highest BCUT2D eigenvalue weighted by molar-refractivity contribution is 9.56. The van der Waals surface area contributed by atoms with Gasteiger partial charge in [0.1, 0.15) is 0 Å². The second-order valence-electron chi connectivity index (χ2n) is 0.293. The Bertz CT molecular complexity index is 44.9. The van der Waals surface area contributed by atoms with Gasteiger partial charge in [0, 0.05) is 14.8 Å². The highest BCUT2D eigenvalue weighted by atomic mass is 79.9. The molecule has 2 nitrogen and oxygen atoms in total. The maximum absolute atomic E-state index is 9.32. The van der Waals surface area contributed by atoms with Gasteiger partial charge in [-0.3, -0.25) is 0 Å². The summed E-state index contributed by atoms with van der Waals surface area (Å²) in [7, 11) is -1.62. The summed E-state index contributed by atoms with van der Waals surface area (Å²) in [6, 6.07) is 0. The Hall–Kier alpha value is 0.890. The van der Waals surface area contributed by atoms with Gasteiger partial charge in [-0.2, -0.15) is 0 Å². The van der Waals surface area contributed by atoms with Crippen LogP contribution in [-0.2, 0) is 4.57 Å². The summed E-state index contributed by atoms with van der Waals surface area (Å²) in [6.07, 6.45) is 0. The smallest absolute Gasteiger partial charge is 0.396 e. The fourth-order valence-corrected chi connectivity index (χ4v) is 0. The van der Waals surface area contributed by atoms with E-state index in [1.54, 1.807) is 0 Å². The van der Waals surface area contributed by atoms with Gasteiger partial charge in [0.05, 0.1) is 0 Å². The van der Waals surface area contributed by atoms with E-state index in [9.17, 15) is 9.46 Å². The first kappa shape index (κ1) is 5.89. The average Bonchev–Trinajstić information content (AvgIpc) is 1.38. The lowest BCUT2D eigenvalue weighted by Crippen LogP contribution is -1.74. The molecule has 5 heteroatoms. The minimum absolute atomic E-state index is 0.646. The SMILES string of the molecule is O=[P+]([O-])SBr. The molecule has 0 fully saturated rings. The zero-order chi connectivity index (χ0) is 4.28. The predicted octanol–water partition coefficient (Wildman–Crippen LogP) is 1.05. The van der Waals surface area contributed by atoms with Crippen molar-refractivity contribution in [2.75, 3.05) is 0 Å². The molecular weight excluding hydrogens is 175 g/mol. The fraction of sp³-hybridized carbons (Fsp3) is 0. The van der Waals surface area contributed by atoms with Gasteiger partial charge in [-0.1, -0.05) is 4.57 Å². The second-order valence-corrected chi connectivity index (χ2v) is 4.79. The average molecular weight is 175 g/mol. The molecular formula is BrO2PS. The van der Waals surface area contributed by atoms with Gasteiger partial charge in [-0.15, -0.1) is 0 Å². The molecule has 0 N–H and O–H groups in total. The van der Waals surface area contributed by atoms with Gasteiger partial charge in [-0.05, 0) is 0 Å². The number of rotatable bonds is 1. The molecule has 0 amide bonds. The van der Waals surface area contributed by atoms with Gasteiger partial charge in [0.2, 0.25) is 9.82 Å². The summed E-state index contributed by atoms with van der Waals surface area (Å²) in [6.45, 7) is 0. The topological polar surface area (TPSA) is 40.1 Å². The third kappa shape index (κ3) is 4.89. The van der Waals surface area contributed by atoms with Crippen LogP contribution in [-0.4, -0.2) is 0 Å². The molecule has 0 heterocycles. The van der Waals surface area contributed by atoms with E-state index in [4.69, 9.17) is 0 Å². The van der Waals surface area contributed by atoms with Crippen molar-refractivity contribution >= 4 is 31.9 Å². The lowest BCUT2D eigenvalue weighted by molar-refractivity contribution is -0.157. The molecule has 1 unspecified atom stereocenters. The molecule has 0 aliphatic rings. The van der Waals surface area contributed by atoms with Crippen LogP contribution in [0.15, 0.2) is 0 Å². The monoisotopic (exact) mass is 174 g/mol. The Kier molecular flexibility index (Phi) is 3.65. The standard InChI is InChI=1S/BrO2PS/c1-5-4(2)3. The quantitative estimate of drug-likeness (QED) is 0.559. The van der Waals surface area contributed by atoms with Crippen LogP contribution in [0, 0.1) is 0 Å². The van der Waals surface area contributed by atoms with Crippen molar-refractivity contribution in [1.29, 1.82) is 0 Å². The molecule has 1 atom stereocenters. The zero-order valence-corrected chi connectivity index (χ0v) is 5.35. The van der Waals surface area contributed by atoms with Gasteiger partial charge in [0.15, 0.2) is 0 Å². The van der Waals surface area contributed by atoms with Crippen molar-refractivity contribution in [3.63, 3.8) is 0 Å². The minimum Gasteiger partial charge on any atom is -0.584 e. The summed E-state index contributed by atoms with van der Waals surface area (Å²) in [5, 5.41) is 0. The maximum Gasteiger partial charge on any atom is 0.396 e. The zero-order valence-electron chi connectivity index (χ0n) is 2.05. The van der Waals surface area contributed by atoms with Crippen molar-refractivity contribution in [3.8, 4) is 0 Å². The molecule has 0 aromatic heterocycles. The van der Waals surface area contributed by atoms with Crippen LogP contribution in [0.4, 0.5) is 0 Å². The highest BCUT2D eigenvalue weighted by Gasteiger charge is 1.91. The summed E-state index contributed by atoms with van der Waals surface area (Å²) in [5.41, 5.74) is 0. The van der Waals surface area contributed by atoms with E-state index in [2.05, 4.69) is 14.8 Å². The molecule has 0 rings (SSSR count). The molecule has 30 valence electrons. The number of halogens is 1. The summed E-state index contributed by atoms with van der Waals surface area (Å²) in [4.78, 5) is 9.32. The van der Waals surface area contributed by atoms with E-state index in [0.717, 1.165) is 0 Å². The van der Waals surface area contributed by atoms with Gasteiger partial charge >= 0.3 is 7.23 Å². The Labute approximate surface area is 41.8 Å². The van der Waals surface area contributed by atoms with Crippen LogP contribution in [0.2, 0.25) is 0 Å². The van der Waals surface area contributed by atoms with E-state index in [-0.39, 0.29) is 0 Å². The van der Waals surface area contributed by atoms with E-state index >= 15 is 0 Å². The van der Waals surface area contributed by atoms with Crippen molar-refractivity contribution in [3.05, 3.63) is 0 Å². The molecule has 0 radical (unpaired) electrons. The molecule has 0 aliphatic heterocycles. The highest BCUT2D eigenvalue weighted by Crippen LogP contribution is 2.34. The van der Waals surface area contributed by atoms with Gasteiger partial charge in [0.25, 0.3) is 0 Å². The summed E-state index contributed by atoms with van der Waals surface area (Å²) < 4.78 is 9.32. The first-order chi connectivity index (χ1) is 2.27. The largest absolute Gasteiger partial charge is 0.584 e. The van der Waals surface area contributed by atoms with E-state index < -0.39 is 7.23 Å². The van der Waals surface area contributed by atoms with Crippen LogP contribution >= 0.6 is 31.9 Å². The van der Waals surface area contributed by atoms with Gasteiger partial charge < -0.3 is 4.89 Å². The Balaban J connectivity index is 2.85. The first-order valence-corrected chi connectivity index (χ1v) is 5.14. The van der Waals surface area contributed by atoms with Crippen molar-refractivity contribution in [2.24, 2.45) is 0 Å². The summed E-state index contributed by atoms with van der Waals surface area (Å²) >= 11 is 2.63. The molecule has 0 aromatic rings. The molecule has 0 aromatic carbocycles. The van der Waals surface area contributed by atoms with Crippen LogP contribution < -0.4 is 4.89 Å². The normalized spacial score (nSPS) is 11.2. The molecule has 0 saturated heterocycles. The Morgan fingerprint density at radius 1 is 2.00 bits per heavy atom. The predicted molar refractivity (Wildman–Crippen MR) is 24.1 cm³/mol.